The van der Waals surface area contributed by atoms with Crippen molar-refractivity contribution in [2.24, 2.45) is 5.92 Å². The molecule has 0 spiro atoms. The maximum Gasteiger partial charge on any atom is 0.147 e. The fourth-order valence-electron chi connectivity index (χ4n) is 1.71. The van der Waals surface area contributed by atoms with Crippen LogP contribution in [0.25, 0.3) is 0 Å². The molecule has 1 atom stereocenters. The molecule has 0 aliphatic heterocycles. The van der Waals surface area contributed by atoms with Crippen LogP contribution < -0.4 is 10.6 Å². The van der Waals surface area contributed by atoms with Crippen LogP contribution in [0.4, 0.5) is 11.6 Å². The first-order valence-electron chi connectivity index (χ1n) is 7.03. The molecule has 0 radical (unpaired) electrons. The van der Waals surface area contributed by atoms with Gasteiger partial charge in [-0.15, -0.1) is 0 Å². The predicted octanol–water partition coefficient (Wildman–Crippen LogP) is 4.03. The van der Waals surface area contributed by atoms with Crippen molar-refractivity contribution in [1.82, 2.24) is 4.98 Å². The maximum atomic E-state index is 8.97. The highest BCUT2D eigenvalue weighted by Crippen LogP contribution is 2.29. The molecular weight excluding hydrogens is 297 g/mol. The zero-order valence-corrected chi connectivity index (χ0v) is 13.6. The SMILES string of the molecule is CCCNc1nc(NCCCC(C)CO)c(Cl)cc1Cl. The highest BCUT2D eigenvalue weighted by molar-refractivity contribution is 6.37. The van der Waals surface area contributed by atoms with Crippen molar-refractivity contribution in [3.8, 4) is 0 Å². The van der Waals surface area contributed by atoms with Gasteiger partial charge in [0, 0.05) is 19.7 Å². The van der Waals surface area contributed by atoms with Gasteiger partial charge in [0.25, 0.3) is 0 Å². The second-order valence-corrected chi connectivity index (χ2v) is 5.75. The number of hydrogen-bond acceptors (Lipinski definition) is 4. The minimum atomic E-state index is 0.227. The standard InChI is InChI=1S/C14H23Cl2N3O/c1-3-6-17-13-11(15)8-12(16)14(19-13)18-7-4-5-10(2)9-20/h8,10,20H,3-7,9H2,1-2H3,(H2,17,18,19). The number of halogens is 2. The van der Waals surface area contributed by atoms with Crippen LogP contribution in [0, 0.1) is 5.92 Å². The lowest BCUT2D eigenvalue weighted by Gasteiger charge is -2.13. The van der Waals surface area contributed by atoms with Crippen LogP contribution in [0.2, 0.25) is 10.0 Å². The number of pyridine rings is 1. The Hall–Kier alpha value is -0.710. The van der Waals surface area contributed by atoms with E-state index in [9.17, 15) is 0 Å². The van der Waals surface area contributed by atoms with Crippen LogP contribution in [0.5, 0.6) is 0 Å². The summed E-state index contributed by atoms with van der Waals surface area (Å²) in [6.45, 7) is 5.93. The first-order valence-corrected chi connectivity index (χ1v) is 7.78. The molecule has 1 unspecified atom stereocenters. The van der Waals surface area contributed by atoms with Gasteiger partial charge in [-0.1, -0.05) is 37.0 Å². The molecule has 1 rings (SSSR count). The monoisotopic (exact) mass is 319 g/mol. The van der Waals surface area contributed by atoms with E-state index in [-0.39, 0.29) is 6.61 Å². The van der Waals surface area contributed by atoms with Crippen LogP contribution in [0.3, 0.4) is 0 Å². The summed E-state index contributed by atoms with van der Waals surface area (Å²) in [6, 6.07) is 1.70. The van der Waals surface area contributed by atoms with Crippen LogP contribution in [-0.4, -0.2) is 29.8 Å². The number of rotatable bonds is 9. The van der Waals surface area contributed by atoms with E-state index in [1.807, 2.05) is 6.92 Å². The van der Waals surface area contributed by atoms with E-state index < -0.39 is 0 Å². The molecule has 0 aliphatic rings. The summed E-state index contributed by atoms with van der Waals surface area (Å²) in [4.78, 5) is 4.41. The molecule has 3 N–H and O–H groups in total. The van der Waals surface area contributed by atoms with E-state index >= 15 is 0 Å². The molecule has 20 heavy (non-hydrogen) atoms. The smallest absolute Gasteiger partial charge is 0.147 e. The number of hydrogen-bond donors (Lipinski definition) is 3. The Balaban J connectivity index is 2.55. The van der Waals surface area contributed by atoms with Crippen LogP contribution in [0.15, 0.2) is 6.07 Å². The van der Waals surface area contributed by atoms with Crippen LogP contribution >= 0.6 is 23.2 Å². The van der Waals surface area contributed by atoms with Crippen molar-refractivity contribution in [1.29, 1.82) is 0 Å². The molecule has 0 aliphatic carbocycles. The lowest BCUT2D eigenvalue weighted by atomic mass is 10.1. The Morgan fingerprint density at radius 3 is 2.35 bits per heavy atom. The molecule has 0 aromatic carbocycles. The molecule has 0 saturated carbocycles. The number of nitrogens with one attached hydrogen (secondary N) is 2. The minimum Gasteiger partial charge on any atom is -0.396 e. The molecule has 0 amide bonds. The lowest BCUT2D eigenvalue weighted by Crippen LogP contribution is -2.09. The highest BCUT2D eigenvalue weighted by atomic mass is 35.5. The van der Waals surface area contributed by atoms with Gasteiger partial charge in [0.15, 0.2) is 0 Å². The Morgan fingerprint density at radius 2 is 1.80 bits per heavy atom. The van der Waals surface area contributed by atoms with Crippen molar-refractivity contribution in [2.75, 3.05) is 30.3 Å². The molecule has 1 aromatic heterocycles. The van der Waals surface area contributed by atoms with E-state index in [4.69, 9.17) is 28.3 Å². The van der Waals surface area contributed by atoms with Gasteiger partial charge in [0.05, 0.1) is 10.0 Å². The largest absolute Gasteiger partial charge is 0.396 e. The summed E-state index contributed by atoms with van der Waals surface area (Å²) < 4.78 is 0. The van der Waals surface area contributed by atoms with Gasteiger partial charge in [-0.25, -0.2) is 4.98 Å². The topological polar surface area (TPSA) is 57.2 Å². The molecule has 0 saturated heterocycles. The molecule has 1 heterocycles. The number of aromatic nitrogens is 1. The molecule has 1 aromatic rings. The van der Waals surface area contributed by atoms with E-state index in [0.29, 0.717) is 27.6 Å². The fourth-order valence-corrected chi connectivity index (χ4v) is 2.20. The number of aliphatic hydroxyl groups excluding tert-OH is 1. The molecule has 6 heteroatoms. The second-order valence-electron chi connectivity index (χ2n) is 4.93. The molecular formula is C14H23Cl2N3O. The molecule has 0 bridgehead atoms. The van der Waals surface area contributed by atoms with E-state index in [1.54, 1.807) is 6.07 Å². The molecule has 4 nitrogen and oxygen atoms in total. The maximum absolute atomic E-state index is 8.97. The molecule has 0 fully saturated rings. The van der Waals surface area contributed by atoms with Crippen LogP contribution in [-0.2, 0) is 0 Å². The number of nitrogens with zero attached hydrogens (tertiary/aromatic N) is 1. The zero-order valence-electron chi connectivity index (χ0n) is 12.0. The van der Waals surface area contributed by atoms with Crippen molar-refractivity contribution in [2.45, 2.75) is 33.1 Å². The third kappa shape index (κ3) is 5.73. The molecule has 114 valence electrons. The van der Waals surface area contributed by atoms with Crippen molar-refractivity contribution in [3.05, 3.63) is 16.1 Å². The quantitative estimate of drug-likeness (QED) is 0.601. The van der Waals surface area contributed by atoms with E-state index in [2.05, 4.69) is 22.5 Å². The van der Waals surface area contributed by atoms with Gasteiger partial charge in [-0.05, 0) is 31.2 Å². The zero-order chi connectivity index (χ0) is 15.0. The van der Waals surface area contributed by atoms with Crippen molar-refractivity contribution < 1.29 is 5.11 Å². The average Bonchev–Trinajstić information content (AvgIpc) is 2.43. The number of aliphatic hydroxyl groups is 1. The number of anilines is 2. The summed E-state index contributed by atoms with van der Waals surface area (Å²) >= 11 is 12.2. The Bertz CT molecular complexity index is 416. The minimum absolute atomic E-state index is 0.227. The summed E-state index contributed by atoms with van der Waals surface area (Å²) in [5.41, 5.74) is 0. The van der Waals surface area contributed by atoms with Gasteiger partial charge in [-0.2, -0.15) is 0 Å². The van der Waals surface area contributed by atoms with Gasteiger partial charge >= 0.3 is 0 Å². The second kappa shape index (κ2) is 9.27. The van der Waals surface area contributed by atoms with Gasteiger partial charge in [0.2, 0.25) is 0 Å². The lowest BCUT2D eigenvalue weighted by molar-refractivity contribution is 0.229. The van der Waals surface area contributed by atoms with Gasteiger partial charge in [-0.3, -0.25) is 0 Å². The van der Waals surface area contributed by atoms with Crippen molar-refractivity contribution >= 4 is 34.8 Å². The first-order chi connectivity index (χ1) is 9.58. The van der Waals surface area contributed by atoms with Gasteiger partial charge < -0.3 is 15.7 Å². The predicted molar refractivity (Wildman–Crippen MR) is 87.0 cm³/mol. The van der Waals surface area contributed by atoms with E-state index in [0.717, 1.165) is 32.4 Å². The van der Waals surface area contributed by atoms with Crippen LogP contribution in [0.1, 0.15) is 33.1 Å². The Labute approximate surface area is 130 Å². The highest BCUT2D eigenvalue weighted by Gasteiger charge is 2.09. The van der Waals surface area contributed by atoms with Gasteiger partial charge in [0.1, 0.15) is 11.6 Å². The Morgan fingerprint density at radius 1 is 1.20 bits per heavy atom. The van der Waals surface area contributed by atoms with E-state index in [1.165, 1.54) is 0 Å². The third-order valence-electron chi connectivity index (χ3n) is 2.95. The average molecular weight is 320 g/mol. The summed E-state index contributed by atoms with van der Waals surface area (Å²) in [5.74, 6) is 1.63. The summed E-state index contributed by atoms with van der Waals surface area (Å²) in [6.07, 6.45) is 2.93. The summed E-state index contributed by atoms with van der Waals surface area (Å²) in [5, 5.41) is 16.4. The summed E-state index contributed by atoms with van der Waals surface area (Å²) in [7, 11) is 0. The normalized spacial score (nSPS) is 12.2. The van der Waals surface area contributed by atoms with Crippen molar-refractivity contribution in [3.63, 3.8) is 0 Å². The third-order valence-corrected chi connectivity index (χ3v) is 3.53. The first kappa shape index (κ1) is 17.3. The fraction of sp³-hybridized carbons (Fsp3) is 0.643. The Kier molecular flexibility index (Phi) is 8.04.